The van der Waals surface area contributed by atoms with Gasteiger partial charge in [0.25, 0.3) is 0 Å². The molecule has 0 fully saturated rings. The Balaban J connectivity index is 2.35. The van der Waals surface area contributed by atoms with E-state index in [0.717, 1.165) is 17.7 Å². The predicted molar refractivity (Wildman–Crippen MR) is 87.8 cm³/mol. The molecule has 0 unspecified atom stereocenters. The first-order chi connectivity index (χ1) is 9.81. The highest BCUT2D eigenvalue weighted by molar-refractivity contribution is 5.58. The molecule has 0 N–H and O–H groups in total. The van der Waals surface area contributed by atoms with E-state index in [4.69, 9.17) is 11.8 Å². The molecule has 0 spiro atoms. The zero-order valence-corrected chi connectivity index (χ0v) is 13.0. The van der Waals surface area contributed by atoms with Crippen LogP contribution in [0.1, 0.15) is 69.9 Å². The fourth-order valence-electron chi connectivity index (χ4n) is 2.46. The fraction of sp³-hybridized carbons (Fsp3) is 0.526. The number of ether oxygens (including phenoxy) is 1. The molecule has 1 aromatic carbocycles. The Morgan fingerprint density at radius 2 is 1.75 bits per heavy atom. The van der Waals surface area contributed by atoms with Gasteiger partial charge in [-0.15, -0.1) is 0 Å². The van der Waals surface area contributed by atoms with Gasteiger partial charge in [0.2, 0.25) is 0 Å². The maximum Gasteiger partial charge on any atom is 0.180 e. The molecule has 0 atom stereocenters. The molecule has 110 valence electrons. The Hall–Kier alpha value is -1.24. The first kappa shape index (κ1) is 16.8. The maximum absolute atomic E-state index is 5.28. The van der Waals surface area contributed by atoms with E-state index < -0.39 is 0 Å². The van der Waals surface area contributed by atoms with Gasteiger partial charge in [0.15, 0.2) is 7.11 Å². The van der Waals surface area contributed by atoms with Crippen LogP contribution in [-0.2, 0) is 6.42 Å². The standard InChI is InChI=1S/C19H28O/c1-4-6-7-8-9-10-11-13-17-14-15-19(20-3)18(16-17)12-5-2/h3,5,12,14-16H,4,6-11,13H2,1-2H3. The van der Waals surface area contributed by atoms with Crippen molar-refractivity contribution in [1.82, 2.24) is 0 Å². The van der Waals surface area contributed by atoms with Gasteiger partial charge >= 0.3 is 0 Å². The predicted octanol–water partition coefficient (Wildman–Crippen LogP) is 6.06. The molecule has 0 heterocycles. The second kappa shape index (κ2) is 10.5. The number of benzene rings is 1. The van der Waals surface area contributed by atoms with Crippen LogP contribution in [0.4, 0.5) is 0 Å². The van der Waals surface area contributed by atoms with Gasteiger partial charge in [-0.1, -0.05) is 63.7 Å². The van der Waals surface area contributed by atoms with Crippen molar-refractivity contribution < 1.29 is 4.74 Å². The number of hydrogen-bond acceptors (Lipinski definition) is 1. The first-order valence-corrected chi connectivity index (χ1v) is 7.94. The molecule has 1 nitrogen and oxygen atoms in total. The molecule has 0 amide bonds. The minimum Gasteiger partial charge on any atom is -0.482 e. The highest BCUT2D eigenvalue weighted by Crippen LogP contribution is 2.22. The summed E-state index contributed by atoms with van der Waals surface area (Å²) in [5, 5.41) is 0. The third-order valence-electron chi connectivity index (χ3n) is 3.62. The molecule has 1 aromatic rings. The van der Waals surface area contributed by atoms with Gasteiger partial charge in [0, 0.05) is 5.56 Å². The van der Waals surface area contributed by atoms with E-state index in [9.17, 15) is 0 Å². The Kier molecular flexibility index (Phi) is 8.86. The normalized spacial score (nSPS) is 11.2. The third kappa shape index (κ3) is 6.27. The minimum atomic E-state index is 0.742. The van der Waals surface area contributed by atoms with Gasteiger partial charge in [0.05, 0.1) is 0 Å². The van der Waals surface area contributed by atoms with E-state index in [1.807, 2.05) is 25.1 Å². The van der Waals surface area contributed by atoms with Gasteiger partial charge in [-0.2, -0.15) is 0 Å². The molecule has 2 radical (unpaired) electrons. The van der Waals surface area contributed by atoms with Crippen LogP contribution in [0.2, 0.25) is 0 Å². The van der Waals surface area contributed by atoms with E-state index in [0.29, 0.717) is 0 Å². The molecule has 1 rings (SSSR count). The average molecular weight is 272 g/mol. The van der Waals surface area contributed by atoms with Crippen molar-refractivity contribution >= 4 is 6.08 Å². The van der Waals surface area contributed by atoms with Crippen molar-refractivity contribution in [2.75, 3.05) is 0 Å². The zero-order chi connectivity index (χ0) is 14.6. The van der Waals surface area contributed by atoms with Crippen LogP contribution < -0.4 is 4.74 Å². The van der Waals surface area contributed by atoms with E-state index in [-0.39, 0.29) is 0 Å². The third-order valence-corrected chi connectivity index (χ3v) is 3.62. The van der Waals surface area contributed by atoms with E-state index in [2.05, 4.69) is 19.1 Å². The molecule has 0 bridgehead atoms. The largest absolute Gasteiger partial charge is 0.482 e. The summed E-state index contributed by atoms with van der Waals surface area (Å²) in [7, 11) is 5.28. The Labute approximate surface area is 125 Å². The van der Waals surface area contributed by atoms with Crippen molar-refractivity contribution in [3.05, 3.63) is 42.5 Å². The van der Waals surface area contributed by atoms with Gasteiger partial charge in [-0.3, -0.25) is 0 Å². The van der Waals surface area contributed by atoms with Crippen molar-refractivity contribution in [3.63, 3.8) is 0 Å². The first-order valence-electron chi connectivity index (χ1n) is 7.94. The molecule has 0 aliphatic carbocycles. The fourth-order valence-corrected chi connectivity index (χ4v) is 2.46. The minimum absolute atomic E-state index is 0.742. The Bertz CT molecular complexity index is 393. The summed E-state index contributed by atoms with van der Waals surface area (Å²) in [5.74, 6) is 0.742. The van der Waals surface area contributed by atoms with Crippen LogP contribution in [0.3, 0.4) is 0 Å². The number of aryl methyl sites for hydroxylation is 1. The van der Waals surface area contributed by atoms with Crippen LogP contribution in [0.25, 0.3) is 6.08 Å². The van der Waals surface area contributed by atoms with Crippen LogP contribution in [0.5, 0.6) is 5.75 Å². The number of unbranched alkanes of at least 4 members (excludes halogenated alkanes) is 6. The lowest BCUT2D eigenvalue weighted by atomic mass is 10.0. The highest BCUT2D eigenvalue weighted by atomic mass is 16.5. The van der Waals surface area contributed by atoms with Crippen LogP contribution in [0.15, 0.2) is 24.3 Å². The molecule has 20 heavy (non-hydrogen) atoms. The highest BCUT2D eigenvalue weighted by Gasteiger charge is 2.02. The molecule has 0 aliphatic rings. The van der Waals surface area contributed by atoms with Crippen LogP contribution >= 0.6 is 0 Å². The average Bonchev–Trinajstić information content (AvgIpc) is 2.47. The maximum atomic E-state index is 5.28. The second-order valence-corrected chi connectivity index (χ2v) is 5.36. The molecule has 0 saturated carbocycles. The summed E-state index contributed by atoms with van der Waals surface area (Å²) in [6.45, 7) is 4.26. The van der Waals surface area contributed by atoms with Gasteiger partial charge in [-0.25, -0.2) is 0 Å². The quantitative estimate of drug-likeness (QED) is 0.470. The summed E-state index contributed by atoms with van der Waals surface area (Å²) in [4.78, 5) is 0. The number of hydrogen-bond donors (Lipinski definition) is 0. The number of rotatable bonds is 10. The smallest absolute Gasteiger partial charge is 0.180 e. The lowest BCUT2D eigenvalue weighted by Gasteiger charge is -2.08. The summed E-state index contributed by atoms with van der Waals surface area (Å²) >= 11 is 0. The molecular formula is C19H28O. The lowest BCUT2D eigenvalue weighted by molar-refractivity contribution is 0.471. The monoisotopic (exact) mass is 272 g/mol. The summed E-state index contributed by atoms with van der Waals surface area (Å²) in [5.41, 5.74) is 2.43. The van der Waals surface area contributed by atoms with Crippen molar-refractivity contribution in [2.24, 2.45) is 0 Å². The van der Waals surface area contributed by atoms with Crippen LogP contribution in [0, 0.1) is 7.11 Å². The van der Waals surface area contributed by atoms with E-state index >= 15 is 0 Å². The molecular weight excluding hydrogens is 244 g/mol. The van der Waals surface area contributed by atoms with Crippen molar-refractivity contribution in [2.45, 2.75) is 65.2 Å². The molecule has 0 saturated heterocycles. The molecule has 0 aromatic heterocycles. The topological polar surface area (TPSA) is 9.23 Å². The zero-order valence-electron chi connectivity index (χ0n) is 13.0. The summed E-state index contributed by atoms with van der Waals surface area (Å²) < 4.78 is 4.88. The molecule has 1 heteroatoms. The number of allylic oxidation sites excluding steroid dienone is 1. The Morgan fingerprint density at radius 3 is 2.40 bits per heavy atom. The second-order valence-electron chi connectivity index (χ2n) is 5.36. The van der Waals surface area contributed by atoms with Crippen LogP contribution in [-0.4, -0.2) is 0 Å². The SMILES string of the molecule is [CH]Oc1ccc(CCCCCCCCC)cc1C=CC. The van der Waals surface area contributed by atoms with Crippen molar-refractivity contribution in [1.29, 1.82) is 0 Å². The Morgan fingerprint density at radius 1 is 1.05 bits per heavy atom. The van der Waals surface area contributed by atoms with Crippen molar-refractivity contribution in [3.8, 4) is 5.75 Å². The van der Waals surface area contributed by atoms with Gasteiger partial charge < -0.3 is 4.74 Å². The summed E-state index contributed by atoms with van der Waals surface area (Å²) in [6.07, 6.45) is 14.6. The molecule has 0 aliphatic heterocycles. The van der Waals surface area contributed by atoms with Gasteiger partial charge in [-0.05, 0) is 37.5 Å². The van der Waals surface area contributed by atoms with E-state index in [1.54, 1.807) is 0 Å². The van der Waals surface area contributed by atoms with E-state index in [1.165, 1.54) is 50.5 Å². The lowest BCUT2D eigenvalue weighted by Crippen LogP contribution is -1.90. The van der Waals surface area contributed by atoms with Gasteiger partial charge in [0.1, 0.15) is 5.75 Å². The summed E-state index contributed by atoms with van der Waals surface area (Å²) in [6, 6.07) is 6.26.